The number of carbonyl (C=O) groups excluding carboxylic acids is 2. The van der Waals surface area contributed by atoms with Gasteiger partial charge < -0.3 is 20.5 Å². The Morgan fingerprint density at radius 2 is 2.03 bits per heavy atom. The summed E-state index contributed by atoms with van der Waals surface area (Å²) in [6, 6.07) is 5.15. The van der Waals surface area contributed by atoms with Gasteiger partial charge in [-0.05, 0) is 57.2 Å². The van der Waals surface area contributed by atoms with E-state index in [1.54, 1.807) is 13.0 Å². The summed E-state index contributed by atoms with van der Waals surface area (Å²) in [4.78, 5) is 27.4. The normalized spacial score (nSPS) is 17.6. The van der Waals surface area contributed by atoms with Crippen LogP contribution in [0.1, 0.15) is 62.4 Å². The number of carbonyl (C=O) groups is 2. The molecule has 3 N–H and O–H groups in total. The zero-order valence-electron chi connectivity index (χ0n) is 18.6. The number of fused-ring (bicyclic) bond motifs is 1. The van der Waals surface area contributed by atoms with Crippen LogP contribution in [-0.4, -0.2) is 60.7 Å². The third-order valence-electron chi connectivity index (χ3n) is 5.20. The number of aliphatic hydroxyl groups excluding tert-OH is 1. The molecule has 0 aliphatic carbocycles. The van der Waals surface area contributed by atoms with Crippen LogP contribution >= 0.6 is 0 Å². The van der Waals surface area contributed by atoms with Crippen LogP contribution in [0.25, 0.3) is 0 Å². The van der Waals surface area contributed by atoms with E-state index in [4.69, 9.17) is 4.74 Å². The van der Waals surface area contributed by atoms with E-state index in [-0.39, 0.29) is 31.0 Å². The zero-order chi connectivity index (χ0) is 21.9. The van der Waals surface area contributed by atoms with Crippen LogP contribution in [0.5, 0.6) is 5.75 Å². The molecule has 1 aromatic rings. The minimum Gasteiger partial charge on any atom is -0.493 e. The lowest BCUT2D eigenvalue weighted by Gasteiger charge is -2.25. The van der Waals surface area contributed by atoms with Gasteiger partial charge in [0.2, 0.25) is 5.91 Å². The molecular weight excluding hydrogens is 382 g/mol. The average Bonchev–Trinajstić information content (AvgIpc) is 2.72. The second kappa shape index (κ2) is 12.5. The number of hydrogen-bond acceptors (Lipinski definition) is 5. The molecule has 0 spiro atoms. The Hall–Kier alpha value is -2.12. The lowest BCUT2D eigenvalue weighted by molar-refractivity contribution is -0.122. The summed E-state index contributed by atoms with van der Waals surface area (Å²) in [5.74, 6) is 0.969. The maximum atomic E-state index is 12.9. The number of ether oxygens (including phenoxy) is 1. The number of amides is 2. The van der Waals surface area contributed by atoms with Gasteiger partial charge in [0.05, 0.1) is 19.8 Å². The summed E-state index contributed by atoms with van der Waals surface area (Å²) in [6.07, 6.45) is 3.75. The van der Waals surface area contributed by atoms with Gasteiger partial charge in [0, 0.05) is 30.3 Å². The molecule has 0 radical (unpaired) electrons. The van der Waals surface area contributed by atoms with Crippen LogP contribution in [0.4, 0.5) is 0 Å². The van der Waals surface area contributed by atoms with Crippen molar-refractivity contribution in [1.82, 2.24) is 15.5 Å². The van der Waals surface area contributed by atoms with Crippen LogP contribution in [0.15, 0.2) is 18.2 Å². The molecule has 7 heteroatoms. The first-order valence-electron chi connectivity index (χ1n) is 11.1. The van der Waals surface area contributed by atoms with Crippen molar-refractivity contribution in [3.05, 3.63) is 29.3 Å². The molecule has 1 aliphatic heterocycles. The molecule has 30 heavy (non-hydrogen) atoms. The number of nitrogens with zero attached hydrogens (tertiary/aromatic N) is 1. The lowest BCUT2D eigenvalue weighted by atomic mass is 10.0. The first kappa shape index (κ1) is 24.2. The van der Waals surface area contributed by atoms with E-state index in [9.17, 15) is 14.7 Å². The predicted molar refractivity (Wildman–Crippen MR) is 118 cm³/mol. The van der Waals surface area contributed by atoms with Gasteiger partial charge in [-0.2, -0.15) is 0 Å². The molecular formula is C23H37N3O4. The molecule has 2 amide bonds. The largest absolute Gasteiger partial charge is 0.493 e. The highest BCUT2D eigenvalue weighted by Gasteiger charge is 2.21. The van der Waals surface area contributed by atoms with E-state index < -0.39 is 0 Å². The van der Waals surface area contributed by atoms with Crippen molar-refractivity contribution in [2.24, 2.45) is 5.92 Å². The highest BCUT2D eigenvalue weighted by atomic mass is 16.5. The molecule has 2 rings (SSSR count). The van der Waals surface area contributed by atoms with E-state index in [2.05, 4.69) is 29.4 Å². The Bertz CT molecular complexity index is 693. The molecule has 1 heterocycles. The zero-order valence-corrected chi connectivity index (χ0v) is 18.6. The first-order valence-corrected chi connectivity index (χ1v) is 11.1. The maximum Gasteiger partial charge on any atom is 0.252 e. The van der Waals surface area contributed by atoms with Crippen LogP contribution in [-0.2, 0) is 11.3 Å². The second-order valence-electron chi connectivity index (χ2n) is 8.49. The molecule has 0 saturated carbocycles. The van der Waals surface area contributed by atoms with Crippen LogP contribution < -0.4 is 15.4 Å². The van der Waals surface area contributed by atoms with Crippen molar-refractivity contribution in [3.63, 3.8) is 0 Å². The molecule has 0 fully saturated rings. The van der Waals surface area contributed by atoms with Gasteiger partial charge in [0.15, 0.2) is 0 Å². The van der Waals surface area contributed by atoms with E-state index in [0.29, 0.717) is 36.9 Å². The Labute approximate surface area is 180 Å². The van der Waals surface area contributed by atoms with Crippen LogP contribution in [0.3, 0.4) is 0 Å². The summed E-state index contributed by atoms with van der Waals surface area (Å²) in [5.41, 5.74) is 1.31. The van der Waals surface area contributed by atoms with Crippen molar-refractivity contribution in [2.45, 2.75) is 59.0 Å². The van der Waals surface area contributed by atoms with Gasteiger partial charge in [-0.25, -0.2) is 0 Å². The Kier molecular flexibility index (Phi) is 10.1. The predicted octanol–water partition coefficient (Wildman–Crippen LogP) is 2.32. The molecule has 0 unspecified atom stereocenters. The highest BCUT2D eigenvalue weighted by molar-refractivity contribution is 5.96. The highest BCUT2D eigenvalue weighted by Crippen LogP contribution is 2.26. The number of hydrogen-bond donors (Lipinski definition) is 3. The van der Waals surface area contributed by atoms with Gasteiger partial charge in [-0.15, -0.1) is 0 Å². The minimum absolute atomic E-state index is 0.0105. The summed E-state index contributed by atoms with van der Waals surface area (Å²) < 4.78 is 6.06. The van der Waals surface area contributed by atoms with Crippen molar-refractivity contribution >= 4 is 11.8 Å². The van der Waals surface area contributed by atoms with Crippen molar-refractivity contribution in [2.75, 3.05) is 32.8 Å². The fraction of sp³-hybridized carbons (Fsp3) is 0.652. The SMILES string of the molecule is CC(C)CCN1CC(=O)NCCCCCOc2cccc(C(=O)N[C@@H](C)CO)c2C1. The van der Waals surface area contributed by atoms with Crippen LogP contribution in [0, 0.1) is 5.92 Å². The third kappa shape index (κ3) is 7.95. The summed E-state index contributed by atoms with van der Waals surface area (Å²) in [7, 11) is 0. The Balaban J connectivity index is 2.35. The van der Waals surface area contributed by atoms with Crippen molar-refractivity contribution in [3.8, 4) is 5.75 Å². The second-order valence-corrected chi connectivity index (χ2v) is 8.49. The molecule has 168 valence electrons. The van der Waals surface area contributed by atoms with E-state index >= 15 is 0 Å². The van der Waals surface area contributed by atoms with Gasteiger partial charge in [-0.3, -0.25) is 14.5 Å². The number of benzene rings is 1. The minimum atomic E-state index is -0.341. The average molecular weight is 420 g/mol. The van der Waals surface area contributed by atoms with Gasteiger partial charge >= 0.3 is 0 Å². The van der Waals surface area contributed by atoms with Gasteiger partial charge in [0.25, 0.3) is 5.91 Å². The molecule has 1 aromatic carbocycles. The quantitative estimate of drug-likeness (QED) is 0.658. The van der Waals surface area contributed by atoms with Crippen LogP contribution in [0.2, 0.25) is 0 Å². The van der Waals surface area contributed by atoms with E-state index in [1.807, 2.05) is 12.1 Å². The number of rotatable bonds is 6. The maximum absolute atomic E-state index is 12.9. The molecule has 0 bridgehead atoms. The van der Waals surface area contributed by atoms with Gasteiger partial charge in [-0.1, -0.05) is 19.9 Å². The number of nitrogens with one attached hydrogen (secondary N) is 2. The number of aliphatic hydroxyl groups is 1. The fourth-order valence-corrected chi connectivity index (χ4v) is 3.38. The van der Waals surface area contributed by atoms with E-state index in [0.717, 1.165) is 37.8 Å². The Morgan fingerprint density at radius 1 is 1.23 bits per heavy atom. The summed E-state index contributed by atoms with van der Waals surface area (Å²) in [5, 5.41) is 15.1. The topological polar surface area (TPSA) is 90.9 Å². The molecule has 7 nitrogen and oxygen atoms in total. The summed E-state index contributed by atoms with van der Waals surface area (Å²) in [6.45, 7) is 8.70. The Morgan fingerprint density at radius 3 is 2.77 bits per heavy atom. The molecule has 1 aliphatic rings. The third-order valence-corrected chi connectivity index (χ3v) is 5.20. The fourth-order valence-electron chi connectivity index (χ4n) is 3.38. The smallest absolute Gasteiger partial charge is 0.252 e. The van der Waals surface area contributed by atoms with Crippen molar-refractivity contribution in [1.29, 1.82) is 0 Å². The molecule has 1 atom stereocenters. The summed E-state index contributed by atoms with van der Waals surface area (Å²) >= 11 is 0. The van der Waals surface area contributed by atoms with Gasteiger partial charge in [0.1, 0.15) is 5.75 Å². The van der Waals surface area contributed by atoms with E-state index in [1.165, 1.54) is 0 Å². The standard InChI is InChI=1S/C23H37N3O4/c1-17(2)10-12-26-14-20-19(23(29)25-18(3)16-27)8-7-9-21(20)30-13-6-4-5-11-24-22(28)15-26/h7-9,17-18,27H,4-6,10-16H2,1-3H3,(H,24,28)(H,25,29)/t18-/m0/s1. The first-order chi connectivity index (χ1) is 14.4. The molecule has 0 aromatic heterocycles. The molecule has 0 saturated heterocycles. The lowest BCUT2D eigenvalue weighted by Crippen LogP contribution is -2.39. The monoisotopic (exact) mass is 419 g/mol. The van der Waals surface area contributed by atoms with Crippen molar-refractivity contribution < 1.29 is 19.4 Å².